The first-order chi connectivity index (χ1) is 7.10. The summed E-state index contributed by atoms with van der Waals surface area (Å²) in [4.78, 5) is 2.19. The molecule has 0 heterocycles. The number of hydrogen-bond acceptors (Lipinski definition) is 3. The number of nitrogens with zero attached hydrogens (tertiary/aromatic N) is 1. The third-order valence-corrected chi connectivity index (χ3v) is 2.87. The summed E-state index contributed by atoms with van der Waals surface area (Å²) in [5.74, 6) is 0.800. The van der Waals surface area contributed by atoms with Crippen LogP contribution in [-0.4, -0.2) is 20.2 Å². The monoisotopic (exact) mass is 208 g/mol. The van der Waals surface area contributed by atoms with Crippen molar-refractivity contribution in [2.45, 2.75) is 26.3 Å². The van der Waals surface area contributed by atoms with Crippen LogP contribution in [0.25, 0.3) is 0 Å². The van der Waals surface area contributed by atoms with E-state index in [4.69, 9.17) is 10.5 Å². The lowest BCUT2D eigenvalue weighted by Gasteiger charge is -2.27. The molecule has 0 amide bonds. The highest BCUT2D eigenvalue weighted by Crippen LogP contribution is 2.28. The first kappa shape index (κ1) is 11.7. The Morgan fingerprint density at radius 1 is 1.47 bits per heavy atom. The second kappa shape index (κ2) is 4.91. The number of ether oxygens (including phenoxy) is 1. The maximum atomic E-state index is 5.97. The summed E-state index contributed by atoms with van der Waals surface area (Å²) in [6.45, 7) is 4.35. The van der Waals surface area contributed by atoms with Crippen LogP contribution in [0.15, 0.2) is 18.2 Å². The Morgan fingerprint density at radius 2 is 2.13 bits per heavy atom. The molecular weight excluding hydrogens is 188 g/mol. The van der Waals surface area contributed by atoms with Gasteiger partial charge in [-0.1, -0.05) is 6.92 Å². The van der Waals surface area contributed by atoms with E-state index < -0.39 is 0 Å². The summed E-state index contributed by atoms with van der Waals surface area (Å²) < 4.78 is 5.12. The Kier molecular flexibility index (Phi) is 3.83. The summed E-state index contributed by atoms with van der Waals surface area (Å²) in [5.41, 5.74) is 7.79. The van der Waals surface area contributed by atoms with Crippen LogP contribution in [-0.2, 0) is 0 Å². The molecule has 0 fully saturated rings. The highest BCUT2D eigenvalue weighted by atomic mass is 16.5. The maximum absolute atomic E-state index is 5.97. The van der Waals surface area contributed by atoms with Gasteiger partial charge in [-0.15, -0.1) is 0 Å². The summed E-state index contributed by atoms with van der Waals surface area (Å²) >= 11 is 0. The van der Waals surface area contributed by atoms with Crippen molar-refractivity contribution in [2.75, 3.05) is 24.8 Å². The fraction of sp³-hybridized carbons (Fsp3) is 0.500. The highest BCUT2D eigenvalue weighted by Gasteiger charge is 2.11. The van der Waals surface area contributed by atoms with Gasteiger partial charge in [-0.2, -0.15) is 0 Å². The first-order valence-corrected chi connectivity index (χ1v) is 5.26. The van der Waals surface area contributed by atoms with Crippen LogP contribution in [0, 0.1) is 0 Å². The fourth-order valence-electron chi connectivity index (χ4n) is 1.49. The van der Waals surface area contributed by atoms with Crippen molar-refractivity contribution in [3.63, 3.8) is 0 Å². The van der Waals surface area contributed by atoms with Gasteiger partial charge in [0.25, 0.3) is 0 Å². The Labute approximate surface area is 91.8 Å². The smallest absolute Gasteiger partial charge is 0.121 e. The topological polar surface area (TPSA) is 38.5 Å². The molecule has 1 unspecified atom stereocenters. The van der Waals surface area contributed by atoms with Gasteiger partial charge in [0.2, 0.25) is 0 Å². The summed E-state index contributed by atoms with van der Waals surface area (Å²) in [6.07, 6.45) is 1.10. The van der Waals surface area contributed by atoms with Crippen LogP contribution in [0.5, 0.6) is 5.75 Å². The molecule has 1 rings (SSSR count). The number of hydrogen-bond donors (Lipinski definition) is 1. The molecule has 1 aromatic carbocycles. The molecule has 0 saturated heterocycles. The normalized spacial score (nSPS) is 12.3. The molecule has 0 aliphatic heterocycles. The number of nitrogen functional groups attached to an aromatic ring is 1. The summed E-state index contributed by atoms with van der Waals surface area (Å²) in [6, 6.07) is 6.28. The van der Waals surface area contributed by atoms with E-state index in [1.54, 1.807) is 7.11 Å². The lowest BCUT2D eigenvalue weighted by Crippen LogP contribution is -2.28. The van der Waals surface area contributed by atoms with E-state index in [1.165, 1.54) is 0 Å². The average molecular weight is 208 g/mol. The molecule has 3 heteroatoms. The fourth-order valence-corrected chi connectivity index (χ4v) is 1.49. The molecule has 2 N–H and O–H groups in total. The van der Waals surface area contributed by atoms with E-state index in [0.717, 1.165) is 23.5 Å². The predicted octanol–water partition coefficient (Wildman–Crippen LogP) is 2.51. The Bertz CT molecular complexity index is 325. The minimum atomic E-state index is 0.487. The van der Waals surface area contributed by atoms with Crippen LogP contribution in [0.2, 0.25) is 0 Å². The molecule has 15 heavy (non-hydrogen) atoms. The second-order valence-electron chi connectivity index (χ2n) is 3.79. The van der Waals surface area contributed by atoms with Crippen molar-refractivity contribution in [3.05, 3.63) is 18.2 Å². The second-order valence-corrected chi connectivity index (χ2v) is 3.79. The third-order valence-electron chi connectivity index (χ3n) is 2.87. The van der Waals surface area contributed by atoms with Gasteiger partial charge in [0, 0.05) is 19.2 Å². The summed E-state index contributed by atoms with van der Waals surface area (Å²) in [7, 11) is 3.71. The van der Waals surface area contributed by atoms with Crippen molar-refractivity contribution < 1.29 is 4.74 Å². The molecule has 0 aromatic heterocycles. The molecule has 3 nitrogen and oxygen atoms in total. The molecule has 0 radical (unpaired) electrons. The zero-order valence-electron chi connectivity index (χ0n) is 9.95. The third kappa shape index (κ3) is 2.55. The average Bonchev–Trinajstić information content (AvgIpc) is 2.26. The zero-order valence-corrected chi connectivity index (χ0v) is 9.95. The predicted molar refractivity (Wildman–Crippen MR) is 65.6 cm³/mol. The number of rotatable bonds is 4. The van der Waals surface area contributed by atoms with Crippen LogP contribution in [0.1, 0.15) is 20.3 Å². The van der Waals surface area contributed by atoms with Gasteiger partial charge in [0.15, 0.2) is 0 Å². The van der Waals surface area contributed by atoms with Crippen molar-refractivity contribution in [1.82, 2.24) is 0 Å². The van der Waals surface area contributed by atoms with E-state index in [2.05, 4.69) is 25.8 Å². The molecular formula is C12H20N2O. The maximum Gasteiger partial charge on any atom is 0.121 e. The van der Waals surface area contributed by atoms with Crippen LogP contribution >= 0.6 is 0 Å². The molecule has 0 saturated carbocycles. The SMILES string of the molecule is CCC(C)N(C)c1ccc(OC)cc1N. The lowest BCUT2D eigenvalue weighted by atomic mass is 10.2. The van der Waals surface area contributed by atoms with Crippen LogP contribution < -0.4 is 15.4 Å². The summed E-state index contributed by atoms with van der Waals surface area (Å²) in [5, 5.41) is 0. The standard InChI is InChI=1S/C12H20N2O/c1-5-9(2)14(3)12-7-6-10(15-4)8-11(12)13/h6-9H,5,13H2,1-4H3. The first-order valence-electron chi connectivity index (χ1n) is 5.26. The quantitative estimate of drug-likeness (QED) is 0.773. The Balaban J connectivity index is 2.95. The Hall–Kier alpha value is -1.38. The van der Waals surface area contributed by atoms with Gasteiger partial charge in [0.1, 0.15) is 5.75 Å². The molecule has 0 aliphatic carbocycles. The van der Waals surface area contributed by atoms with Crippen LogP contribution in [0.4, 0.5) is 11.4 Å². The van der Waals surface area contributed by atoms with Gasteiger partial charge in [-0.3, -0.25) is 0 Å². The molecule has 1 aromatic rings. The molecule has 84 valence electrons. The Morgan fingerprint density at radius 3 is 2.60 bits per heavy atom. The van der Waals surface area contributed by atoms with Crippen molar-refractivity contribution in [3.8, 4) is 5.75 Å². The number of methoxy groups -OCH3 is 1. The zero-order chi connectivity index (χ0) is 11.4. The van der Waals surface area contributed by atoms with Gasteiger partial charge in [-0.05, 0) is 25.5 Å². The van der Waals surface area contributed by atoms with Crippen LogP contribution in [0.3, 0.4) is 0 Å². The van der Waals surface area contributed by atoms with E-state index in [0.29, 0.717) is 6.04 Å². The lowest BCUT2D eigenvalue weighted by molar-refractivity contribution is 0.415. The molecule has 0 bridgehead atoms. The number of nitrogens with two attached hydrogens (primary N) is 1. The van der Waals surface area contributed by atoms with E-state index in [1.807, 2.05) is 18.2 Å². The minimum Gasteiger partial charge on any atom is -0.497 e. The van der Waals surface area contributed by atoms with Gasteiger partial charge in [-0.25, -0.2) is 0 Å². The number of benzene rings is 1. The molecule has 1 atom stereocenters. The van der Waals surface area contributed by atoms with Gasteiger partial charge >= 0.3 is 0 Å². The van der Waals surface area contributed by atoms with E-state index in [-0.39, 0.29) is 0 Å². The minimum absolute atomic E-state index is 0.487. The van der Waals surface area contributed by atoms with Crippen molar-refractivity contribution in [1.29, 1.82) is 0 Å². The highest BCUT2D eigenvalue weighted by molar-refractivity contribution is 5.69. The van der Waals surface area contributed by atoms with Crippen molar-refractivity contribution >= 4 is 11.4 Å². The van der Waals surface area contributed by atoms with Gasteiger partial charge in [0.05, 0.1) is 18.5 Å². The van der Waals surface area contributed by atoms with Gasteiger partial charge < -0.3 is 15.4 Å². The largest absolute Gasteiger partial charge is 0.497 e. The van der Waals surface area contributed by atoms with E-state index >= 15 is 0 Å². The van der Waals surface area contributed by atoms with E-state index in [9.17, 15) is 0 Å². The van der Waals surface area contributed by atoms with Crippen molar-refractivity contribution in [2.24, 2.45) is 0 Å². The molecule has 0 aliphatic rings. The molecule has 0 spiro atoms. The number of anilines is 2.